The van der Waals surface area contributed by atoms with Crippen LogP contribution in [0.2, 0.25) is 0 Å². The molecular formula is C16H20N2O3. The third-order valence-corrected chi connectivity index (χ3v) is 3.23. The number of carboxylic acids is 1. The van der Waals surface area contributed by atoms with Crippen molar-refractivity contribution in [2.75, 3.05) is 6.61 Å². The lowest BCUT2D eigenvalue weighted by atomic mass is 10.1. The van der Waals surface area contributed by atoms with Crippen molar-refractivity contribution >= 4 is 5.97 Å². The number of benzene rings is 1. The van der Waals surface area contributed by atoms with Crippen LogP contribution in [0, 0.1) is 12.8 Å². The Morgan fingerprint density at radius 2 is 2.19 bits per heavy atom. The highest BCUT2D eigenvalue weighted by Crippen LogP contribution is 2.27. The molecule has 21 heavy (non-hydrogen) atoms. The van der Waals surface area contributed by atoms with Gasteiger partial charge in [-0.3, -0.25) is 5.10 Å². The number of rotatable bonds is 6. The molecule has 0 saturated heterocycles. The summed E-state index contributed by atoms with van der Waals surface area (Å²) >= 11 is 0. The van der Waals surface area contributed by atoms with Gasteiger partial charge in [0, 0.05) is 11.3 Å². The van der Waals surface area contributed by atoms with E-state index in [-0.39, 0.29) is 5.56 Å². The molecule has 0 radical (unpaired) electrons. The normalized spacial score (nSPS) is 10.9. The van der Waals surface area contributed by atoms with E-state index in [9.17, 15) is 9.90 Å². The van der Waals surface area contributed by atoms with Crippen molar-refractivity contribution in [2.45, 2.75) is 27.2 Å². The maximum atomic E-state index is 11.3. The second-order valence-electron chi connectivity index (χ2n) is 5.44. The van der Waals surface area contributed by atoms with Gasteiger partial charge in [0.2, 0.25) is 0 Å². The average Bonchev–Trinajstić information content (AvgIpc) is 2.81. The van der Waals surface area contributed by atoms with E-state index < -0.39 is 5.97 Å². The highest BCUT2D eigenvalue weighted by molar-refractivity contribution is 5.96. The van der Waals surface area contributed by atoms with Gasteiger partial charge in [0.05, 0.1) is 6.61 Å². The molecule has 0 aliphatic rings. The molecule has 2 N–H and O–H groups in total. The monoisotopic (exact) mass is 288 g/mol. The molecule has 2 aromatic rings. The Hall–Kier alpha value is -2.30. The molecule has 0 aliphatic carbocycles. The first-order valence-electron chi connectivity index (χ1n) is 7.00. The molecule has 0 aliphatic heterocycles. The summed E-state index contributed by atoms with van der Waals surface area (Å²) in [7, 11) is 0. The predicted molar refractivity (Wildman–Crippen MR) is 80.7 cm³/mol. The molecule has 1 aromatic carbocycles. The van der Waals surface area contributed by atoms with Gasteiger partial charge in [0.1, 0.15) is 17.0 Å². The Kier molecular flexibility index (Phi) is 4.62. The van der Waals surface area contributed by atoms with Crippen molar-refractivity contribution in [3.8, 4) is 17.0 Å². The third kappa shape index (κ3) is 3.62. The Morgan fingerprint density at radius 3 is 2.86 bits per heavy atom. The highest BCUT2D eigenvalue weighted by Gasteiger charge is 2.18. The number of carbonyl (C=O) groups is 1. The fourth-order valence-corrected chi connectivity index (χ4v) is 2.05. The summed E-state index contributed by atoms with van der Waals surface area (Å²) in [6.07, 6.45) is 0.978. The molecular weight excluding hydrogens is 268 g/mol. The maximum absolute atomic E-state index is 11.3. The zero-order valence-electron chi connectivity index (χ0n) is 12.5. The van der Waals surface area contributed by atoms with Gasteiger partial charge < -0.3 is 9.84 Å². The number of hydrogen-bond donors (Lipinski definition) is 2. The van der Waals surface area contributed by atoms with E-state index in [1.54, 1.807) is 6.92 Å². The zero-order chi connectivity index (χ0) is 15.4. The van der Waals surface area contributed by atoms with Crippen LogP contribution < -0.4 is 4.74 Å². The van der Waals surface area contributed by atoms with E-state index in [4.69, 9.17) is 4.74 Å². The largest absolute Gasteiger partial charge is 0.494 e. The van der Waals surface area contributed by atoms with Crippen LogP contribution in [0.15, 0.2) is 24.3 Å². The lowest BCUT2D eigenvalue weighted by Gasteiger charge is -2.09. The quantitative estimate of drug-likeness (QED) is 0.853. The molecule has 0 bridgehead atoms. The van der Waals surface area contributed by atoms with E-state index in [0.29, 0.717) is 23.9 Å². The highest BCUT2D eigenvalue weighted by atomic mass is 16.5. The van der Waals surface area contributed by atoms with E-state index in [1.165, 1.54) is 0 Å². The number of aromatic amines is 1. The summed E-state index contributed by atoms with van der Waals surface area (Å²) in [5, 5.41) is 16.1. The number of aromatic carboxylic acids is 1. The summed E-state index contributed by atoms with van der Waals surface area (Å²) in [4.78, 5) is 11.3. The number of aryl methyl sites for hydroxylation is 1. The van der Waals surface area contributed by atoms with Gasteiger partial charge in [0.25, 0.3) is 0 Å². The van der Waals surface area contributed by atoms with Crippen molar-refractivity contribution in [1.82, 2.24) is 10.2 Å². The number of hydrogen-bond acceptors (Lipinski definition) is 3. The number of H-pyrrole nitrogens is 1. The van der Waals surface area contributed by atoms with Gasteiger partial charge in [-0.1, -0.05) is 26.0 Å². The minimum atomic E-state index is -0.984. The van der Waals surface area contributed by atoms with Gasteiger partial charge in [-0.2, -0.15) is 5.10 Å². The first-order chi connectivity index (χ1) is 9.99. The summed E-state index contributed by atoms with van der Waals surface area (Å²) in [6.45, 7) is 6.63. The van der Waals surface area contributed by atoms with Gasteiger partial charge in [-0.15, -0.1) is 0 Å². The zero-order valence-corrected chi connectivity index (χ0v) is 12.5. The summed E-state index contributed by atoms with van der Waals surface area (Å²) in [6, 6.07) is 7.36. The standard InChI is InChI=1S/C16H20N2O3/c1-10(2)7-8-21-13-6-4-5-12(9-13)15-14(16(19)20)11(3)17-18-15/h4-6,9-10H,7-8H2,1-3H3,(H,17,18)(H,19,20). The molecule has 0 fully saturated rings. The summed E-state index contributed by atoms with van der Waals surface area (Å²) in [5.41, 5.74) is 1.92. The second kappa shape index (κ2) is 6.43. The summed E-state index contributed by atoms with van der Waals surface area (Å²) < 4.78 is 5.70. The average molecular weight is 288 g/mol. The molecule has 1 heterocycles. The van der Waals surface area contributed by atoms with Crippen molar-refractivity contribution in [1.29, 1.82) is 0 Å². The van der Waals surface area contributed by atoms with Crippen LogP contribution in [-0.4, -0.2) is 27.9 Å². The third-order valence-electron chi connectivity index (χ3n) is 3.23. The SMILES string of the molecule is Cc1[nH]nc(-c2cccc(OCCC(C)C)c2)c1C(=O)O. The number of aromatic nitrogens is 2. The second-order valence-corrected chi connectivity index (χ2v) is 5.44. The van der Waals surface area contributed by atoms with Crippen molar-refractivity contribution < 1.29 is 14.6 Å². The van der Waals surface area contributed by atoms with E-state index in [0.717, 1.165) is 17.7 Å². The fraction of sp³-hybridized carbons (Fsp3) is 0.375. The smallest absolute Gasteiger partial charge is 0.339 e. The number of carboxylic acid groups (broad SMARTS) is 1. The van der Waals surface area contributed by atoms with Crippen molar-refractivity contribution in [3.63, 3.8) is 0 Å². The molecule has 1 aromatic heterocycles. The molecule has 5 heteroatoms. The fourth-order valence-electron chi connectivity index (χ4n) is 2.05. The first kappa shape index (κ1) is 15.1. The Morgan fingerprint density at radius 1 is 1.43 bits per heavy atom. The molecule has 0 saturated carbocycles. The number of nitrogens with one attached hydrogen (secondary N) is 1. The molecule has 2 rings (SSSR count). The van der Waals surface area contributed by atoms with Crippen molar-refractivity contribution in [2.24, 2.45) is 5.92 Å². The number of ether oxygens (including phenoxy) is 1. The molecule has 0 amide bonds. The Balaban J connectivity index is 2.23. The van der Waals surface area contributed by atoms with Crippen LogP contribution in [0.1, 0.15) is 36.3 Å². The molecule has 0 atom stereocenters. The van der Waals surface area contributed by atoms with Crippen LogP contribution in [-0.2, 0) is 0 Å². The predicted octanol–water partition coefficient (Wildman–Crippen LogP) is 3.51. The Bertz CT molecular complexity index is 632. The maximum Gasteiger partial charge on any atom is 0.339 e. The first-order valence-corrected chi connectivity index (χ1v) is 7.00. The van der Waals surface area contributed by atoms with Gasteiger partial charge in [0.15, 0.2) is 0 Å². The topological polar surface area (TPSA) is 75.2 Å². The van der Waals surface area contributed by atoms with E-state index in [2.05, 4.69) is 24.0 Å². The molecule has 112 valence electrons. The van der Waals surface area contributed by atoms with Crippen molar-refractivity contribution in [3.05, 3.63) is 35.5 Å². The van der Waals surface area contributed by atoms with E-state index in [1.807, 2.05) is 24.3 Å². The van der Waals surface area contributed by atoms with Crippen LogP contribution in [0.3, 0.4) is 0 Å². The van der Waals surface area contributed by atoms with Crippen LogP contribution in [0.4, 0.5) is 0 Å². The lowest BCUT2D eigenvalue weighted by molar-refractivity contribution is 0.0697. The molecule has 0 spiro atoms. The van der Waals surface area contributed by atoms with Gasteiger partial charge in [-0.25, -0.2) is 4.79 Å². The summed E-state index contributed by atoms with van der Waals surface area (Å²) in [5.74, 6) is 0.327. The molecule has 5 nitrogen and oxygen atoms in total. The minimum absolute atomic E-state index is 0.203. The minimum Gasteiger partial charge on any atom is -0.494 e. The van der Waals surface area contributed by atoms with Gasteiger partial charge >= 0.3 is 5.97 Å². The number of nitrogens with zero attached hydrogens (tertiary/aromatic N) is 1. The van der Waals surface area contributed by atoms with Crippen LogP contribution >= 0.6 is 0 Å². The van der Waals surface area contributed by atoms with E-state index >= 15 is 0 Å². The van der Waals surface area contributed by atoms with Crippen LogP contribution in [0.5, 0.6) is 5.75 Å². The van der Waals surface area contributed by atoms with Crippen LogP contribution in [0.25, 0.3) is 11.3 Å². The lowest BCUT2D eigenvalue weighted by Crippen LogP contribution is -2.02. The van der Waals surface area contributed by atoms with Gasteiger partial charge in [-0.05, 0) is 31.4 Å². The Labute approximate surface area is 124 Å². The molecule has 0 unspecified atom stereocenters.